The highest BCUT2D eigenvalue weighted by molar-refractivity contribution is 6.76. The number of hydrogen-bond donors (Lipinski definition) is 1. The number of rotatable bonds is 16. The predicted molar refractivity (Wildman–Crippen MR) is 168 cm³/mol. The standard InChI is InChI=1S/C31H45N7O6Si/c1-5-9-26(29(39)40)27(28-34-35-36-38(28)22-42-16-17-45(2,3)4)18-24-19-32-30(33-20-24)44-25-12-14-37(15-13-25)31(41)43-21-23-10-7-6-8-11-23/h6-8,10-11,19-20,25-27H,5,9,12-18,21-22H2,1-4H3,(H,39,40)/t26-,27-/m0/s1. The summed E-state index contributed by atoms with van der Waals surface area (Å²) >= 11 is 0. The van der Waals surface area contributed by atoms with Crippen molar-refractivity contribution in [1.82, 2.24) is 35.1 Å². The van der Waals surface area contributed by atoms with Crippen molar-refractivity contribution >= 4 is 20.1 Å². The van der Waals surface area contributed by atoms with Crippen molar-refractivity contribution < 1.29 is 28.9 Å². The van der Waals surface area contributed by atoms with E-state index in [1.807, 2.05) is 37.3 Å². The molecule has 3 heterocycles. The zero-order chi connectivity index (χ0) is 32.2. The van der Waals surface area contributed by atoms with Gasteiger partial charge in [0, 0.05) is 58.9 Å². The molecular formula is C31H45N7O6Si. The van der Waals surface area contributed by atoms with Crippen LogP contribution in [0, 0.1) is 5.92 Å². The van der Waals surface area contributed by atoms with Crippen LogP contribution in [0.3, 0.4) is 0 Å². The van der Waals surface area contributed by atoms with Crippen molar-refractivity contribution in [2.45, 2.75) is 90.1 Å². The number of benzene rings is 1. The zero-order valence-electron chi connectivity index (χ0n) is 26.7. The number of carbonyl (C=O) groups excluding carboxylic acids is 1. The largest absolute Gasteiger partial charge is 0.481 e. The average molecular weight is 640 g/mol. The lowest BCUT2D eigenvalue weighted by Gasteiger charge is -2.31. The van der Waals surface area contributed by atoms with Gasteiger partial charge in [-0.05, 0) is 40.4 Å². The van der Waals surface area contributed by atoms with Crippen molar-refractivity contribution in [3.63, 3.8) is 0 Å². The minimum Gasteiger partial charge on any atom is -0.481 e. The Morgan fingerprint density at radius 2 is 1.78 bits per heavy atom. The number of nitrogens with zero attached hydrogens (tertiary/aromatic N) is 7. The van der Waals surface area contributed by atoms with E-state index in [0.717, 1.165) is 17.2 Å². The molecule has 14 heteroatoms. The van der Waals surface area contributed by atoms with Gasteiger partial charge in [-0.25, -0.2) is 19.4 Å². The lowest BCUT2D eigenvalue weighted by molar-refractivity contribution is -0.143. The summed E-state index contributed by atoms with van der Waals surface area (Å²) in [6, 6.07) is 10.8. The van der Waals surface area contributed by atoms with Crippen LogP contribution in [0.15, 0.2) is 42.7 Å². The van der Waals surface area contributed by atoms with E-state index in [1.165, 1.54) is 0 Å². The molecule has 0 unspecified atom stereocenters. The smallest absolute Gasteiger partial charge is 0.410 e. The van der Waals surface area contributed by atoms with Gasteiger partial charge in [-0.15, -0.1) is 5.10 Å². The van der Waals surface area contributed by atoms with Crippen LogP contribution in [-0.2, 0) is 34.0 Å². The first kappa shape index (κ1) is 34.0. The zero-order valence-corrected chi connectivity index (χ0v) is 27.7. The second-order valence-corrected chi connectivity index (χ2v) is 18.3. The number of carboxylic acid groups (broad SMARTS) is 1. The molecule has 1 aliphatic heterocycles. The van der Waals surface area contributed by atoms with Crippen LogP contribution in [-0.4, -0.2) is 86.1 Å². The number of piperidine rings is 1. The van der Waals surface area contributed by atoms with Crippen LogP contribution in [0.1, 0.15) is 55.5 Å². The Bertz CT molecular complexity index is 1340. The maximum atomic E-state index is 12.5. The van der Waals surface area contributed by atoms with Gasteiger partial charge in [0.15, 0.2) is 5.82 Å². The number of ether oxygens (including phenoxy) is 3. The normalized spacial score (nSPS) is 15.4. The summed E-state index contributed by atoms with van der Waals surface area (Å²) in [5, 5.41) is 22.3. The van der Waals surface area contributed by atoms with E-state index < -0.39 is 25.9 Å². The molecule has 1 amide bonds. The third-order valence-corrected chi connectivity index (χ3v) is 9.52. The van der Waals surface area contributed by atoms with Gasteiger partial charge in [0.2, 0.25) is 0 Å². The molecule has 2 aromatic heterocycles. The predicted octanol–water partition coefficient (Wildman–Crippen LogP) is 4.78. The third-order valence-electron chi connectivity index (χ3n) is 7.82. The maximum absolute atomic E-state index is 12.5. The Labute approximate surface area is 265 Å². The number of hydrogen-bond acceptors (Lipinski definition) is 10. The maximum Gasteiger partial charge on any atom is 0.410 e. The van der Waals surface area contributed by atoms with E-state index in [9.17, 15) is 14.7 Å². The molecule has 3 aromatic rings. The second kappa shape index (κ2) is 16.4. The quantitative estimate of drug-likeness (QED) is 0.170. The van der Waals surface area contributed by atoms with Crippen LogP contribution < -0.4 is 4.74 Å². The SMILES string of the molecule is CCC[C@H](C(=O)O)[C@H](Cc1cnc(OC2CCN(C(=O)OCc3ccccc3)CC2)nc1)c1nnnn1COCC[Si](C)(C)C. The minimum absolute atomic E-state index is 0.131. The fraction of sp³-hybridized carbons (Fsp3) is 0.581. The van der Waals surface area contributed by atoms with E-state index in [4.69, 9.17) is 14.2 Å². The average Bonchev–Trinajstić information content (AvgIpc) is 3.49. The Morgan fingerprint density at radius 1 is 1.07 bits per heavy atom. The molecule has 0 spiro atoms. The number of carboxylic acids is 1. The number of likely N-dealkylation sites (tertiary alicyclic amines) is 1. The van der Waals surface area contributed by atoms with Crippen LogP contribution >= 0.6 is 0 Å². The van der Waals surface area contributed by atoms with Gasteiger partial charge in [-0.1, -0.05) is 63.3 Å². The lowest BCUT2D eigenvalue weighted by Crippen LogP contribution is -2.42. The van der Waals surface area contributed by atoms with E-state index in [-0.39, 0.29) is 31.5 Å². The highest BCUT2D eigenvalue weighted by Crippen LogP contribution is 2.31. The first-order chi connectivity index (χ1) is 21.6. The molecule has 1 saturated heterocycles. The number of amides is 1. The van der Waals surface area contributed by atoms with E-state index in [0.29, 0.717) is 57.6 Å². The lowest BCUT2D eigenvalue weighted by atomic mass is 9.84. The molecule has 1 aromatic carbocycles. The fourth-order valence-corrected chi connectivity index (χ4v) is 5.96. The molecule has 244 valence electrons. The molecule has 2 atom stereocenters. The second-order valence-electron chi connectivity index (χ2n) is 12.6. The van der Waals surface area contributed by atoms with Gasteiger partial charge in [0.05, 0.1) is 5.92 Å². The fourth-order valence-electron chi connectivity index (χ4n) is 5.20. The molecule has 0 bridgehead atoms. The summed E-state index contributed by atoms with van der Waals surface area (Å²) in [6.45, 7) is 10.8. The molecule has 13 nitrogen and oxygen atoms in total. The van der Waals surface area contributed by atoms with Crippen LogP contribution in [0.5, 0.6) is 6.01 Å². The third kappa shape index (κ3) is 10.6. The van der Waals surface area contributed by atoms with Crippen LogP contribution in [0.4, 0.5) is 4.79 Å². The summed E-state index contributed by atoms with van der Waals surface area (Å²) in [5.74, 6) is -1.62. The van der Waals surface area contributed by atoms with Crippen LogP contribution in [0.2, 0.25) is 25.7 Å². The van der Waals surface area contributed by atoms with Gasteiger partial charge < -0.3 is 24.2 Å². The highest BCUT2D eigenvalue weighted by atomic mass is 28.3. The molecule has 1 aliphatic rings. The number of tetrazole rings is 1. The van der Waals surface area contributed by atoms with Gasteiger partial charge in [-0.2, -0.15) is 0 Å². The van der Waals surface area contributed by atoms with Gasteiger partial charge in [0.25, 0.3) is 0 Å². The van der Waals surface area contributed by atoms with E-state index in [1.54, 1.807) is 22.0 Å². The Morgan fingerprint density at radius 3 is 2.42 bits per heavy atom. The van der Waals surface area contributed by atoms with Crippen molar-refractivity contribution in [3.8, 4) is 6.01 Å². The number of aliphatic carboxylic acids is 1. The number of carbonyl (C=O) groups is 2. The van der Waals surface area contributed by atoms with Gasteiger partial charge >= 0.3 is 18.1 Å². The summed E-state index contributed by atoms with van der Waals surface area (Å²) in [7, 11) is -1.26. The molecule has 0 aliphatic carbocycles. The van der Waals surface area contributed by atoms with E-state index in [2.05, 4.69) is 45.1 Å². The Hall–Kier alpha value is -3.91. The van der Waals surface area contributed by atoms with Crippen molar-refractivity contribution in [2.24, 2.45) is 5.92 Å². The number of aromatic nitrogens is 6. The van der Waals surface area contributed by atoms with E-state index >= 15 is 0 Å². The Kier molecular flexibility index (Phi) is 12.4. The van der Waals surface area contributed by atoms with Crippen molar-refractivity contribution in [1.29, 1.82) is 0 Å². The summed E-state index contributed by atoms with van der Waals surface area (Å²) in [6.07, 6.45) is 5.65. The van der Waals surface area contributed by atoms with Gasteiger partial charge in [0.1, 0.15) is 19.4 Å². The molecule has 45 heavy (non-hydrogen) atoms. The van der Waals surface area contributed by atoms with Crippen LogP contribution in [0.25, 0.3) is 0 Å². The molecule has 4 rings (SSSR count). The molecule has 0 radical (unpaired) electrons. The molecule has 1 N–H and O–H groups in total. The molecular weight excluding hydrogens is 594 g/mol. The van der Waals surface area contributed by atoms with Crippen molar-refractivity contribution in [2.75, 3.05) is 19.7 Å². The monoisotopic (exact) mass is 639 g/mol. The summed E-state index contributed by atoms with van der Waals surface area (Å²) in [5.41, 5.74) is 1.69. The topological polar surface area (TPSA) is 155 Å². The minimum atomic E-state index is -1.26. The first-order valence-corrected chi connectivity index (χ1v) is 19.3. The first-order valence-electron chi connectivity index (χ1n) is 15.6. The van der Waals surface area contributed by atoms with Crippen molar-refractivity contribution in [3.05, 3.63) is 59.7 Å². The summed E-state index contributed by atoms with van der Waals surface area (Å²) < 4.78 is 18.9. The molecule has 1 fully saturated rings. The van der Waals surface area contributed by atoms with Gasteiger partial charge in [-0.3, -0.25) is 4.79 Å². The summed E-state index contributed by atoms with van der Waals surface area (Å²) in [4.78, 5) is 35.4. The Balaban J connectivity index is 1.33. The highest BCUT2D eigenvalue weighted by Gasteiger charge is 2.33. The molecule has 0 saturated carbocycles.